The van der Waals surface area contributed by atoms with Crippen LogP contribution in [0.25, 0.3) is 0 Å². The maximum absolute atomic E-state index is 11.4. The molecule has 144 valence electrons. The zero-order valence-electron chi connectivity index (χ0n) is 15.6. The van der Waals surface area contributed by atoms with Gasteiger partial charge in [0, 0.05) is 19.6 Å². The van der Waals surface area contributed by atoms with Gasteiger partial charge >= 0.3 is 5.97 Å². The Morgan fingerprint density at radius 1 is 1.04 bits per heavy atom. The highest BCUT2D eigenvalue weighted by atomic mass is 16.5. The van der Waals surface area contributed by atoms with Crippen LogP contribution in [0.1, 0.15) is 15.9 Å². The van der Waals surface area contributed by atoms with Crippen LogP contribution in [0.2, 0.25) is 0 Å². The van der Waals surface area contributed by atoms with Crippen LogP contribution < -0.4 is 9.47 Å². The van der Waals surface area contributed by atoms with Gasteiger partial charge in [-0.1, -0.05) is 12.1 Å². The van der Waals surface area contributed by atoms with E-state index in [9.17, 15) is 4.79 Å². The van der Waals surface area contributed by atoms with E-state index in [1.807, 2.05) is 24.3 Å². The van der Waals surface area contributed by atoms with Gasteiger partial charge in [-0.2, -0.15) is 0 Å². The molecule has 0 spiro atoms. The molecule has 0 aromatic heterocycles. The highest BCUT2D eigenvalue weighted by molar-refractivity contribution is 5.89. The normalized spacial score (nSPS) is 14.6. The Kier molecular flexibility index (Phi) is 7.07. The predicted octanol–water partition coefficient (Wildman–Crippen LogP) is 2.76. The minimum absolute atomic E-state index is 0.358. The molecule has 0 unspecified atom stereocenters. The van der Waals surface area contributed by atoms with Gasteiger partial charge in [0.15, 0.2) is 0 Å². The van der Waals surface area contributed by atoms with Crippen molar-refractivity contribution in [3.63, 3.8) is 0 Å². The van der Waals surface area contributed by atoms with Crippen LogP contribution in [-0.4, -0.2) is 57.4 Å². The largest absolute Gasteiger partial charge is 0.492 e. The van der Waals surface area contributed by atoms with E-state index in [0.29, 0.717) is 24.5 Å². The van der Waals surface area contributed by atoms with E-state index >= 15 is 0 Å². The lowest BCUT2D eigenvalue weighted by Crippen LogP contribution is -2.38. The Balaban J connectivity index is 1.46. The summed E-state index contributed by atoms with van der Waals surface area (Å²) in [6.45, 7) is 5.51. The molecule has 1 heterocycles. The first-order chi connectivity index (χ1) is 13.2. The first kappa shape index (κ1) is 19.2. The van der Waals surface area contributed by atoms with E-state index in [2.05, 4.69) is 9.64 Å². The Labute approximate surface area is 159 Å². The van der Waals surface area contributed by atoms with Crippen LogP contribution >= 0.6 is 0 Å². The van der Waals surface area contributed by atoms with Gasteiger partial charge in [-0.25, -0.2) is 4.79 Å². The highest BCUT2D eigenvalue weighted by Crippen LogP contribution is 2.18. The molecule has 1 saturated heterocycles. The number of methoxy groups -OCH3 is 1. The predicted molar refractivity (Wildman–Crippen MR) is 101 cm³/mol. The van der Waals surface area contributed by atoms with Gasteiger partial charge in [0.1, 0.15) is 24.7 Å². The highest BCUT2D eigenvalue weighted by Gasteiger charge is 2.10. The average molecular weight is 371 g/mol. The number of carbonyl (C=O) groups excluding carboxylic acids is 1. The molecule has 2 aromatic rings. The summed E-state index contributed by atoms with van der Waals surface area (Å²) in [5.41, 5.74) is 1.52. The van der Waals surface area contributed by atoms with Crippen molar-refractivity contribution in [2.45, 2.75) is 6.61 Å². The summed E-state index contributed by atoms with van der Waals surface area (Å²) in [6.07, 6.45) is 0. The summed E-state index contributed by atoms with van der Waals surface area (Å²) in [4.78, 5) is 13.8. The number of hydrogen-bond acceptors (Lipinski definition) is 6. The second-order valence-corrected chi connectivity index (χ2v) is 6.25. The molecule has 6 heteroatoms. The molecule has 1 fully saturated rings. The van der Waals surface area contributed by atoms with E-state index < -0.39 is 0 Å². The third-order valence-corrected chi connectivity index (χ3v) is 4.36. The van der Waals surface area contributed by atoms with Crippen LogP contribution in [-0.2, 0) is 16.1 Å². The van der Waals surface area contributed by atoms with Gasteiger partial charge in [-0.3, -0.25) is 4.90 Å². The van der Waals surface area contributed by atoms with Crippen LogP contribution in [0.15, 0.2) is 48.5 Å². The number of carbonyl (C=O) groups is 1. The van der Waals surface area contributed by atoms with Crippen LogP contribution in [0.5, 0.6) is 11.5 Å². The van der Waals surface area contributed by atoms with Gasteiger partial charge in [-0.05, 0) is 42.0 Å². The van der Waals surface area contributed by atoms with Gasteiger partial charge in [0.2, 0.25) is 0 Å². The molecule has 1 aliphatic heterocycles. The number of hydrogen-bond donors (Lipinski definition) is 0. The molecule has 0 N–H and O–H groups in total. The quantitative estimate of drug-likeness (QED) is 0.665. The van der Waals surface area contributed by atoms with Crippen molar-refractivity contribution < 1.29 is 23.7 Å². The lowest BCUT2D eigenvalue weighted by Gasteiger charge is -2.26. The number of rotatable bonds is 8. The second kappa shape index (κ2) is 9.94. The van der Waals surface area contributed by atoms with E-state index in [-0.39, 0.29) is 5.97 Å². The smallest absolute Gasteiger partial charge is 0.337 e. The van der Waals surface area contributed by atoms with Crippen LogP contribution in [0.4, 0.5) is 0 Å². The molecule has 0 amide bonds. The summed E-state index contributed by atoms with van der Waals surface area (Å²) >= 11 is 0. The van der Waals surface area contributed by atoms with E-state index in [4.69, 9.17) is 14.2 Å². The standard InChI is InChI=1S/C21H25NO5/c1-24-21(23)18-5-7-19(8-6-18)27-16-17-3-2-4-20(15-17)26-14-11-22-9-12-25-13-10-22/h2-8,15H,9-14,16H2,1H3. The molecule has 0 saturated carbocycles. The summed E-state index contributed by atoms with van der Waals surface area (Å²) in [5, 5.41) is 0. The monoisotopic (exact) mass is 371 g/mol. The Morgan fingerprint density at radius 2 is 1.81 bits per heavy atom. The second-order valence-electron chi connectivity index (χ2n) is 6.25. The molecule has 1 aliphatic rings. The van der Waals surface area contributed by atoms with E-state index in [0.717, 1.165) is 44.2 Å². The summed E-state index contributed by atoms with van der Waals surface area (Å²) in [5.74, 6) is 1.18. The number of esters is 1. The lowest BCUT2D eigenvalue weighted by molar-refractivity contribution is 0.0322. The van der Waals surface area contributed by atoms with E-state index in [1.165, 1.54) is 7.11 Å². The molecule has 0 bridgehead atoms. The Morgan fingerprint density at radius 3 is 2.56 bits per heavy atom. The zero-order chi connectivity index (χ0) is 18.9. The fourth-order valence-corrected chi connectivity index (χ4v) is 2.81. The van der Waals surface area contributed by atoms with Crippen molar-refractivity contribution in [2.24, 2.45) is 0 Å². The van der Waals surface area contributed by atoms with Crippen molar-refractivity contribution >= 4 is 5.97 Å². The van der Waals surface area contributed by atoms with Crippen molar-refractivity contribution in [1.82, 2.24) is 4.90 Å². The van der Waals surface area contributed by atoms with Gasteiger partial charge in [0.05, 0.1) is 25.9 Å². The van der Waals surface area contributed by atoms with Crippen molar-refractivity contribution in [2.75, 3.05) is 46.6 Å². The molecule has 6 nitrogen and oxygen atoms in total. The number of benzene rings is 2. The van der Waals surface area contributed by atoms with Crippen LogP contribution in [0.3, 0.4) is 0 Å². The first-order valence-corrected chi connectivity index (χ1v) is 9.07. The molecule has 3 rings (SSSR count). The summed E-state index contributed by atoms with van der Waals surface area (Å²) in [6, 6.07) is 14.8. The first-order valence-electron chi connectivity index (χ1n) is 9.07. The maximum Gasteiger partial charge on any atom is 0.337 e. The third kappa shape index (κ3) is 5.98. The molecule has 0 atom stereocenters. The number of morpholine rings is 1. The minimum atomic E-state index is -0.358. The minimum Gasteiger partial charge on any atom is -0.492 e. The van der Waals surface area contributed by atoms with Gasteiger partial charge in [0.25, 0.3) is 0 Å². The lowest BCUT2D eigenvalue weighted by atomic mass is 10.2. The molecule has 0 radical (unpaired) electrons. The number of nitrogens with zero attached hydrogens (tertiary/aromatic N) is 1. The van der Waals surface area contributed by atoms with E-state index in [1.54, 1.807) is 24.3 Å². The van der Waals surface area contributed by atoms with Gasteiger partial charge in [-0.15, -0.1) is 0 Å². The van der Waals surface area contributed by atoms with Crippen LogP contribution in [0, 0.1) is 0 Å². The molecular formula is C21H25NO5. The summed E-state index contributed by atoms with van der Waals surface area (Å²) in [7, 11) is 1.36. The van der Waals surface area contributed by atoms with Crippen molar-refractivity contribution in [3.8, 4) is 11.5 Å². The molecule has 2 aromatic carbocycles. The average Bonchev–Trinajstić information content (AvgIpc) is 2.73. The SMILES string of the molecule is COC(=O)c1ccc(OCc2cccc(OCCN3CCOCC3)c2)cc1. The zero-order valence-corrected chi connectivity index (χ0v) is 15.6. The fraction of sp³-hybridized carbons (Fsp3) is 0.381. The molecule has 27 heavy (non-hydrogen) atoms. The maximum atomic E-state index is 11.4. The number of ether oxygens (including phenoxy) is 4. The molecular weight excluding hydrogens is 346 g/mol. The fourth-order valence-electron chi connectivity index (χ4n) is 2.81. The topological polar surface area (TPSA) is 57.2 Å². The Bertz CT molecular complexity index is 726. The van der Waals surface area contributed by atoms with Crippen molar-refractivity contribution in [3.05, 3.63) is 59.7 Å². The third-order valence-electron chi connectivity index (χ3n) is 4.36. The summed E-state index contributed by atoms with van der Waals surface area (Å²) < 4.78 is 21.7. The molecule has 0 aliphatic carbocycles. The van der Waals surface area contributed by atoms with Crippen molar-refractivity contribution in [1.29, 1.82) is 0 Å². The van der Waals surface area contributed by atoms with Gasteiger partial charge < -0.3 is 18.9 Å². The Hall–Kier alpha value is -2.57.